The topological polar surface area (TPSA) is 64.1 Å². The van der Waals surface area contributed by atoms with Gasteiger partial charge in [0.05, 0.1) is 12.0 Å². The fourth-order valence-corrected chi connectivity index (χ4v) is 3.39. The predicted molar refractivity (Wildman–Crippen MR) is 84.6 cm³/mol. The van der Waals surface area contributed by atoms with E-state index in [4.69, 9.17) is 4.74 Å². The lowest BCUT2D eigenvalue weighted by molar-refractivity contribution is -0.154. The van der Waals surface area contributed by atoms with Gasteiger partial charge in [0, 0.05) is 23.5 Å². The molecule has 0 aliphatic heterocycles. The highest BCUT2D eigenvalue weighted by molar-refractivity contribution is 7.09. The molecule has 2 rings (SSSR count). The van der Waals surface area contributed by atoms with Gasteiger partial charge in [-0.25, -0.2) is 4.98 Å². The summed E-state index contributed by atoms with van der Waals surface area (Å²) in [5.41, 5.74) is -0.438. The molecule has 6 heteroatoms. The number of nitrogens with one attached hydrogen (secondary N) is 1. The molecule has 1 aliphatic rings. The van der Waals surface area contributed by atoms with Gasteiger partial charge in [0.15, 0.2) is 0 Å². The van der Waals surface area contributed by atoms with Crippen LogP contribution >= 0.6 is 11.5 Å². The van der Waals surface area contributed by atoms with Crippen LogP contribution in [0.5, 0.6) is 0 Å². The summed E-state index contributed by atoms with van der Waals surface area (Å²) in [7, 11) is 0. The number of anilines is 1. The summed E-state index contributed by atoms with van der Waals surface area (Å²) < 4.78 is 9.65. The van der Waals surface area contributed by atoms with E-state index in [9.17, 15) is 4.79 Å². The first kappa shape index (κ1) is 16.2. The summed E-state index contributed by atoms with van der Waals surface area (Å²) in [6.07, 6.45) is 3.96. The zero-order chi connectivity index (χ0) is 15.5. The zero-order valence-electron chi connectivity index (χ0n) is 13.4. The highest BCUT2D eigenvalue weighted by Gasteiger charge is 2.42. The third-order valence-electron chi connectivity index (χ3n) is 3.94. The minimum absolute atomic E-state index is 0.0530. The average Bonchev–Trinajstić information content (AvgIpc) is 3.06. The largest absolute Gasteiger partial charge is 0.466 e. The Kier molecular flexibility index (Phi) is 4.86. The summed E-state index contributed by atoms with van der Waals surface area (Å²) in [6, 6.07) is 0. The second-order valence-electron chi connectivity index (χ2n) is 6.73. The van der Waals surface area contributed by atoms with Gasteiger partial charge in [-0.1, -0.05) is 33.6 Å². The van der Waals surface area contributed by atoms with Crippen LogP contribution in [0.2, 0.25) is 0 Å². The van der Waals surface area contributed by atoms with E-state index in [2.05, 4.69) is 35.4 Å². The second kappa shape index (κ2) is 6.30. The Labute approximate surface area is 130 Å². The average molecular weight is 311 g/mol. The molecule has 0 radical (unpaired) electrons. The standard InChI is InChI=1S/C15H25N3O2S/c1-5-20-12(19)15(8-6-7-9-15)10-16-13-17-11(18-21-13)14(2,3)4/h5-10H2,1-4H3,(H,16,17,18). The zero-order valence-corrected chi connectivity index (χ0v) is 14.2. The number of hydrogen-bond donors (Lipinski definition) is 1. The minimum Gasteiger partial charge on any atom is -0.466 e. The Morgan fingerprint density at radius 1 is 1.38 bits per heavy atom. The van der Waals surface area contributed by atoms with Crippen molar-refractivity contribution in [1.82, 2.24) is 9.36 Å². The summed E-state index contributed by atoms with van der Waals surface area (Å²) in [6.45, 7) is 9.16. The smallest absolute Gasteiger partial charge is 0.313 e. The van der Waals surface area contributed by atoms with Gasteiger partial charge < -0.3 is 10.1 Å². The van der Waals surface area contributed by atoms with Crippen LogP contribution in [-0.2, 0) is 14.9 Å². The third-order valence-corrected chi connectivity index (χ3v) is 4.62. The van der Waals surface area contributed by atoms with Crippen molar-refractivity contribution in [2.75, 3.05) is 18.5 Å². The third kappa shape index (κ3) is 3.73. The fourth-order valence-electron chi connectivity index (χ4n) is 2.63. The molecule has 21 heavy (non-hydrogen) atoms. The van der Waals surface area contributed by atoms with Crippen LogP contribution in [-0.4, -0.2) is 28.5 Å². The van der Waals surface area contributed by atoms with E-state index in [1.54, 1.807) is 0 Å². The molecule has 0 unspecified atom stereocenters. The van der Waals surface area contributed by atoms with Crippen molar-refractivity contribution in [3.05, 3.63) is 5.82 Å². The van der Waals surface area contributed by atoms with Crippen LogP contribution in [0.1, 0.15) is 59.2 Å². The Morgan fingerprint density at radius 3 is 2.57 bits per heavy atom. The molecule has 1 N–H and O–H groups in total. The molecule has 1 aromatic heterocycles. The van der Waals surface area contributed by atoms with E-state index >= 15 is 0 Å². The maximum absolute atomic E-state index is 12.3. The monoisotopic (exact) mass is 311 g/mol. The van der Waals surface area contributed by atoms with Gasteiger partial charge >= 0.3 is 5.97 Å². The quantitative estimate of drug-likeness (QED) is 0.845. The van der Waals surface area contributed by atoms with Gasteiger partial charge in [0.1, 0.15) is 5.82 Å². The van der Waals surface area contributed by atoms with Gasteiger partial charge in [-0.2, -0.15) is 4.37 Å². The molecule has 0 amide bonds. The second-order valence-corrected chi connectivity index (χ2v) is 7.49. The van der Waals surface area contributed by atoms with Crippen molar-refractivity contribution in [2.24, 2.45) is 5.41 Å². The van der Waals surface area contributed by atoms with Crippen LogP contribution < -0.4 is 5.32 Å². The molecule has 118 valence electrons. The van der Waals surface area contributed by atoms with E-state index < -0.39 is 0 Å². The Bertz CT molecular complexity index is 487. The SMILES string of the molecule is CCOC(=O)C1(CNc2nc(C(C)(C)C)ns2)CCCC1. The molecular weight excluding hydrogens is 286 g/mol. The van der Waals surface area contributed by atoms with Crippen LogP contribution in [0.25, 0.3) is 0 Å². The number of rotatable bonds is 5. The molecule has 0 bridgehead atoms. The molecule has 0 spiro atoms. The number of hydrogen-bond acceptors (Lipinski definition) is 6. The van der Waals surface area contributed by atoms with E-state index in [-0.39, 0.29) is 16.8 Å². The molecule has 1 fully saturated rings. The van der Waals surface area contributed by atoms with E-state index in [0.717, 1.165) is 36.6 Å². The van der Waals surface area contributed by atoms with Crippen molar-refractivity contribution in [1.29, 1.82) is 0 Å². The number of nitrogens with zero attached hydrogens (tertiary/aromatic N) is 2. The highest BCUT2D eigenvalue weighted by atomic mass is 32.1. The maximum atomic E-state index is 12.3. The van der Waals surface area contributed by atoms with Crippen LogP contribution in [0.4, 0.5) is 5.13 Å². The summed E-state index contributed by atoms with van der Waals surface area (Å²) in [4.78, 5) is 16.8. The molecule has 1 aliphatic carbocycles. The number of carbonyl (C=O) groups is 1. The van der Waals surface area contributed by atoms with Gasteiger partial charge in [-0.15, -0.1) is 0 Å². The summed E-state index contributed by atoms with van der Waals surface area (Å²) >= 11 is 1.36. The number of ether oxygens (including phenoxy) is 1. The predicted octanol–water partition coefficient (Wildman–Crippen LogP) is 3.37. The van der Waals surface area contributed by atoms with E-state index in [1.165, 1.54) is 11.5 Å². The molecule has 1 aromatic rings. The lowest BCUT2D eigenvalue weighted by Crippen LogP contribution is -2.37. The van der Waals surface area contributed by atoms with Crippen molar-refractivity contribution in [3.8, 4) is 0 Å². The molecule has 5 nitrogen and oxygen atoms in total. The fraction of sp³-hybridized carbons (Fsp3) is 0.800. The molecule has 0 aromatic carbocycles. The first-order valence-electron chi connectivity index (χ1n) is 7.63. The van der Waals surface area contributed by atoms with Gasteiger partial charge in [-0.3, -0.25) is 4.79 Å². The van der Waals surface area contributed by atoms with Crippen LogP contribution in [0.15, 0.2) is 0 Å². The van der Waals surface area contributed by atoms with Crippen molar-refractivity contribution >= 4 is 22.6 Å². The van der Waals surface area contributed by atoms with E-state index in [1.807, 2.05) is 6.92 Å². The Hall–Kier alpha value is -1.17. The van der Waals surface area contributed by atoms with Gasteiger partial charge in [-0.05, 0) is 19.8 Å². The van der Waals surface area contributed by atoms with Gasteiger partial charge in [0.25, 0.3) is 0 Å². The lowest BCUT2D eigenvalue weighted by atomic mass is 9.86. The Balaban J connectivity index is 2.02. The minimum atomic E-state index is -0.385. The molecule has 1 saturated carbocycles. The van der Waals surface area contributed by atoms with Crippen molar-refractivity contribution in [2.45, 2.75) is 58.8 Å². The first-order chi connectivity index (χ1) is 9.87. The summed E-state index contributed by atoms with van der Waals surface area (Å²) in [5, 5.41) is 4.09. The van der Waals surface area contributed by atoms with Crippen LogP contribution in [0, 0.1) is 5.41 Å². The highest BCUT2D eigenvalue weighted by Crippen LogP contribution is 2.39. The molecule has 0 saturated heterocycles. The van der Waals surface area contributed by atoms with Gasteiger partial charge in [0.2, 0.25) is 5.13 Å². The molecular formula is C15H25N3O2S. The normalized spacial score (nSPS) is 17.7. The summed E-state index contributed by atoms with van der Waals surface area (Å²) in [5.74, 6) is 0.766. The number of esters is 1. The van der Waals surface area contributed by atoms with Crippen molar-refractivity contribution in [3.63, 3.8) is 0 Å². The first-order valence-corrected chi connectivity index (χ1v) is 8.40. The lowest BCUT2D eigenvalue weighted by Gasteiger charge is -2.26. The number of aromatic nitrogens is 2. The molecule has 0 atom stereocenters. The maximum Gasteiger partial charge on any atom is 0.313 e. The van der Waals surface area contributed by atoms with Crippen LogP contribution in [0.3, 0.4) is 0 Å². The Morgan fingerprint density at radius 2 is 2.05 bits per heavy atom. The van der Waals surface area contributed by atoms with Crippen molar-refractivity contribution < 1.29 is 9.53 Å². The number of carbonyl (C=O) groups excluding carboxylic acids is 1. The molecule has 1 heterocycles. The van der Waals surface area contributed by atoms with E-state index in [0.29, 0.717) is 13.2 Å².